The van der Waals surface area contributed by atoms with Crippen molar-refractivity contribution in [3.05, 3.63) is 52.7 Å². The smallest absolute Gasteiger partial charge is 0.301 e. The number of nitro groups is 1. The SMILES string of the molecule is O=[N+]([O-])c1c(NC2CC=CC2)ccc2ncccc12. The first-order valence-electron chi connectivity index (χ1n) is 6.19. The zero-order chi connectivity index (χ0) is 13.2. The van der Waals surface area contributed by atoms with E-state index in [1.807, 2.05) is 6.07 Å². The maximum absolute atomic E-state index is 11.3. The number of benzene rings is 1. The first-order chi connectivity index (χ1) is 9.25. The summed E-state index contributed by atoms with van der Waals surface area (Å²) in [5.41, 5.74) is 1.32. The van der Waals surface area contributed by atoms with E-state index in [9.17, 15) is 10.1 Å². The summed E-state index contributed by atoms with van der Waals surface area (Å²) in [4.78, 5) is 15.1. The lowest BCUT2D eigenvalue weighted by molar-refractivity contribution is -0.382. The van der Waals surface area contributed by atoms with E-state index in [4.69, 9.17) is 0 Å². The highest BCUT2D eigenvalue weighted by molar-refractivity contribution is 5.94. The van der Waals surface area contributed by atoms with Gasteiger partial charge in [0.2, 0.25) is 0 Å². The lowest BCUT2D eigenvalue weighted by Gasteiger charge is -2.14. The first-order valence-corrected chi connectivity index (χ1v) is 6.19. The van der Waals surface area contributed by atoms with Gasteiger partial charge in [-0.15, -0.1) is 0 Å². The molecule has 19 heavy (non-hydrogen) atoms. The predicted octanol–water partition coefficient (Wildman–Crippen LogP) is 3.27. The van der Waals surface area contributed by atoms with Gasteiger partial charge in [-0.1, -0.05) is 12.2 Å². The number of nitrogens with one attached hydrogen (secondary N) is 1. The van der Waals surface area contributed by atoms with Crippen LogP contribution < -0.4 is 5.32 Å². The van der Waals surface area contributed by atoms with Gasteiger partial charge in [0, 0.05) is 12.2 Å². The van der Waals surface area contributed by atoms with E-state index in [0.29, 0.717) is 16.6 Å². The summed E-state index contributed by atoms with van der Waals surface area (Å²) in [5, 5.41) is 15.2. The molecule has 0 aliphatic heterocycles. The zero-order valence-corrected chi connectivity index (χ0v) is 10.2. The number of hydrogen-bond acceptors (Lipinski definition) is 4. The summed E-state index contributed by atoms with van der Waals surface area (Å²) in [6.07, 6.45) is 7.63. The molecule has 1 aliphatic carbocycles. The Hall–Kier alpha value is -2.43. The van der Waals surface area contributed by atoms with Gasteiger partial charge in [-0.3, -0.25) is 15.1 Å². The van der Waals surface area contributed by atoms with Gasteiger partial charge in [0.15, 0.2) is 0 Å². The van der Waals surface area contributed by atoms with E-state index in [2.05, 4.69) is 22.5 Å². The number of hydrogen-bond donors (Lipinski definition) is 1. The minimum absolute atomic E-state index is 0.109. The number of aromatic nitrogens is 1. The molecule has 0 saturated carbocycles. The number of nitrogens with zero attached hydrogens (tertiary/aromatic N) is 2. The fourth-order valence-electron chi connectivity index (χ4n) is 2.41. The number of rotatable bonds is 3. The Morgan fingerprint density at radius 3 is 2.79 bits per heavy atom. The highest BCUT2D eigenvalue weighted by Crippen LogP contribution is 2.33. The third-order valence-corrected chi connectivity index (χ3v) is 3.31. The molecule has 0 saturated heterocycles. The summed E-state index contributed by atoms with van der Waals surface area (Å²) in [5.74, 6) is 0. The largest absolute Gasteiger partial charge is 0.376 e. The minimum Gasteiger partial charge on any atom is -0.376 e. The van der Waals surface area contributed by atoms with Crippen molar-refractivity contribution >= 4 is 22.3 Å². The van der Waals surface area contributed by atoms with Crippen LogP contribution in [0.1, 0.15) is 12.8 Å². The third kappa shape index (κ3) is 2.14. The lowest BCUT2D eigenvalue weighted by atomic mass is 10.1. The fourth-order valence-corrected chi connectivity index (χ4v) is 2.41. The fraction of sp³-hybridized carbons (Fsp3) is 0.214. The number of pyridine rings is 1. The van der Waals surface area contributed by atoms with Gasteiger partial charge in [0.25, 0.3) is 0 Å². The molecule has 0 bridgehead atoms. The van der Waals surface area contributed by atoms with E-state index in [1.165, 1.54) is 0 Å². The maximum Gasteiger partial charge on any atom is 0.301 e. The standard InChI is InChI=1S/C14H13N3O2/c18-17(19)14-11-6-3-9-15-12(11)7-8-13(14)16-10-4-1-2-5-10/h1-3,6-10,16H,4-5H2. The average molecular weight is 255 g/mol. The van der Waals surface area contributed by atoms with E-state index in [-0.39, 0.29) is 16.7 Å². The van der Waals surface area contributed by atoms with E-state index in [1.54, 1.807) is 24.4 Å². The Balaban J connectivity index is 2.07. The first kappa shape index (κ1) is 11.6. The van der Waals surface area contributed by atoms with Crippen molar-refractivity contribution < 1.29 is 4.92 Å². The minimum atomic E-state index is -0.339. The van der Waals surface area contributed by atoms with Crippen molar-refractivity contribution in [3.63, 3.8) is 0 Å². The van der Waals surface area contributed by atoms with Crippen molar-refractivity contribution in [2.45, 2.75) is 18.9 Å². The summed E-state index contributed by atoms with van der Waals surface area (Å²) >= 11 is 0. The van der Waals surface area contributed by atoms with Crippen LogP contribution in [-0.4, -0.2) is 15.9 Å². The summed E-state index contributed by atoms with van der Waals surface area (Å²) < 4.78 is 0. The molecule has 1 N–H and O–H groups in total. The molecule has 0 amide bonds. The maximum atomic E-state index is 11.3. The van der Waals surface area contributed by atoms with Crippen molar-refractivity contribution in [1.82, 2.24) is 4.98 Å². The molecule has 2 aromatic rings. The van der Waals surface area contributed by atoms with Crippen LogP contribution in [0.5, 0.6) is 0 Å². The van der Waals surface area contributed by atoms with Gasteiger partial charge in [0.05, 0.1) is 15.8 Å². The Morgan fingerprint density at radius 1 is 1.26 bits per heavy atom. The monoisotopic (exact) mass is 255 g/mol. The Bertz CT molecular complexity index is 659. The molecule has 1 aliphatic rings. The molecular formula is C14H13N3O2. The quantitative estimate of drug-likeness (QED) is 0.519. The Kier molecular flexibility index (Phi) is 2.87. The van der Waals surface area contributed by atoms with Crippen molar-refractivity contribution in [3.8, 4) is 0 Å². The van der Waals surface area contributed by atoms with Crippen LogP contribution in [0, 0.1) is 10.1 Å². The molecule has 1 aromatic carbocycles. The average Bonchev–Trinajstić information content (AvgIpc) is 2.91. The van der Waals surface area contributed by atoms with Gasteiger partial charge in [-0.25, -0.2) is 0 Å². The van der Waals surface area contributed by atoms with Crippen LogP contribution in [-0.2, 0) is 0 Å². The van der Waals surface area contributed by atoms with Gasteiger partial charge in [0.1, 0.15) is 5.69 Å². The van der Waals surface area contributed by atoms with Crippen molar-refractivity contribution in [2.75, 3.05) is 5.32 Å². The van der Waals surface area contributed by atoms with Crippen LogP contribution in [0.4, 0.5) is 11.4 Å². The van der Waals surface area contributed by atoms with Gasteiger partial charge in [-0.05, 0) is 37.1 Å². The molecule has 0 atom stereocenters. The second kappa shape index (κ2) is 4.68. The van der Waals surface area contributed by atoms with E-state index < -0.39 is 0 Å². The third-order valence-electron chi connectivity index (χ3n) is 3.31. The second-order valence-corrected chi connectivity index (χ2v) is 4.57. The molecule has 5 nitrogen and oxygen atoms in total. The van der Waals surface area contributed by atoms with Crippen LogP contribution in [0.25, 0.3) is 10.9 Å². The van der Waals surface area contributed by atoms with Crippen LogP contribution in [0.15, 0.2) is 42.6 Å². The zero-order valence-electron chi connectivity index (χ0n) is 10.2. The normalized spacial score (nSPS) is 14.9. The highest BCUT2D eigenvalue weighted by atomic mass is 16.6. The Labute approximate surface area is 110 Å². The molecule has 0 spiro atoms. The summed E-state index contributed by atoms with van der Waals surface area (Å²) in [6, 6.07) is 7.25. The van der Waals surface area contributed by atoms with Crippen molar-refractivity contribution in [1.29, 1.82) is 0 Å². The summed E-state index contributed by atoms with van der Waals surface area (Å²) in [7, 11) is 0. The van der Waals surface area contributed by atoms with E-state index in [0.717, 1.165) is 12.8 Å². The molecule has 3 rings (SSSR count). The lowest BCUT2D eigenvalue weighted by Crippen LogP contribution is -2.16. The molecule has 5 heteroatoms. The number of nitro benzene ring substituents is 1. The number of fused-ring (bicyclic) bond motifs is 1. The molecule has 0 unspecified atom stereocenters. The molecule has 0 radical (unpaired) electrons. The molecule has 0 fully saturated rings. The summed E-state index contributed by atoms with van der Waals surface area (Å²) in [6.45, 7) is 0. The van der Waals surface area contributed by atoms with E-state index >= 15 is 0 Å². The van der Waals surface area contributed by atoms with Crippen molar-refractivity contribution in [2.24, 2.45) is 0 Å². The molecule has 1 heterocycles. The molecule has 1 aromatic heterocycles. The van der Waals surface area contributed by atoms with Gasteiger partial charge >= 0.3 is 5.69 Å². The Morgan fingerprint density at radius 2 is 2.05 bits per heavy atom. The van der Waals surface area contributed by atoms with Gasteiger partial charge in [-0.2, -0.15) is 0 Å². The molecule has 96 valence electrons. The van der Waals surface area contributed by atoms with Gasteiger partial charge < -0.3 is 5.32 Å². The number of anilines is 1. The van der Waals surface area contributed by atoms with Crippen LogP contribution >= 0.6 is 0 Å². The van der Waals surface area contributed by atoms with Crippen LogP contribution in [0.3, 0.4) is 0 Å². The molecular weight excluding hydrogens is 242 g/mol. The topological polar surface area (TPSA) is 68.1 Å². The van der Waals surface area contributed by atoms with Crippen LogP contribution in [0.2, 0.25) is 0 Å². The highest BCUT2D eigenvalue weighted by Gasteiger charge is 2.21. The second-order valence-electron chi connectivity index (χ2n) is 4.57. The predicted molar refractivity (Wildman–Crippen MR) is 74.2 cm³/mol.